The van der Waals surface area contributed by atoms with Gasteiger partial charge < -0.3 is 25.4 Å². The van der Waals surface area contributed by atoms with Crippen LogP contribution >= 0.6 is 11.3 Å². The Bertz CT molecular complexity index is 1320. The molecule has 0 spiro atoms. The lowest BCUT2D eigenvalue weighted by atomic mass is 10.1. The van der Waals surface area contributed by atoms with Crippen molar-refractivity contribution in [3.63, 3.8) is 0 Å². The van der Waals surface area contributed by atoms with Gasteiger partial charge in [0.2, 0.25) is 5.89 Å². The summed E-state index contributed by atoms with van der Waals surface area (Å²) in [7, 11) is 0. The van der Waals surface area contributed by atoms with Crippen LogP contribution in [0.3, 0.4) is 0 Å². The Balaban J connectivity index is 1.47. The number of carbonyl (C=O) groups is 1. The van der Waals surface area contributed by atoms with Gasteiger partial charge in [-0.2, -0.15) is 0 Å². The van der Waals surface area contributed by atoms with Gasteiger partial charge in [-0.05, 0) is 37.5 Å². The van der Waals surface area contributed by atoms with Gasteiger partial charge in [-0.25, -0.2) is 15.0 Å². The van der Waals surface area contributed by atoms with E-state index in [1.807, 2.05) is 6.07 Å². The van der Waals surface area contributed by atoms with Crippen molar-refractivity contribution in [3.05, 3.63) is 46.7 Å². The van der Waals surface area contributed by atoms with E-state index in [0.717, 1.165) is 30.6 Å². The molecule has 0 bridgehead atoms. The van der Waals surface area contributed by atoms with Crippen molar-refractivity contribution in [1.29, 1.82) is 0 Å². The molecule has 0 aromatic carbocycles. The van der Waals surface area contributed by atoms with E-state index < -0.39 is 5.91 Å². The molecule has 0 atom stereocenters. The Hall–Kier alpha value is -3.73. The molecule has 4 aromatic heterocycles. The number of hydrogen-bond donors (Lipinski definition) is 3. The highest BCUT2D eigenvalue weighted by Gasteiger charge is 2.22. The van der Waals surface area contributed by atoms with Crippen LogP contribution in [0.2, 0.25) is 0 Å². The highest BCUT2D eigenvalue weighted by atomic mass is 32.1. The second kappa shape index (κ2) is 7.84. The van der Waals surface area contributed by atoms with Crippen LogP contribution in [0.1, 0.15) is 29.8 Å². The molecular weight excluding hydrogens is 418 g/mol. The van der Waals surface area contributed by atoms with Gasteiger partial charge in [0.15, 0.2) is 22.3 Å². The summed E-state index contributed by atoms with van der Waals surface area (Å²) >= 11 is 1.31. The number of carbonyl (C=O) groups excluding carboxylic acids is 1. The first-order valence-electron chi connectivity index (χ1n) is 9.85. The molecule has 1 fully saturated rings. The molecule has 1 amide bonds. The molecule has 158 valence electrons. The van der Waals surface area contributed by atoms with E-state index in [-0.39, 0.29) is 22.7 Å². The zero-order chi connectivity index (χ0) is 21.4. The maximum Gasteiger partial charge on any atom is 0.277 e. The number of oxazole rings is 1. The number of nitrogens with zero attached hydrogens (tertiary/aromatic N) is 4. The number of nitrogen functional groups attached to an aromatic ring is 1. The van der Waals surface area contributed by atoms with E-state index in [0.29, 0.717) is 22.3 Å². The lowest BCUT2D eigenvalue weighted by molar-refractivity contribution is 0.102. The first-order valence-corrected chi connectivity index (χ1v) is 10.7. The minimum atomic E-state index is -0.459. The van der Waals surface area contributed by atoms with Crippen molar-refractivity contribution in [3.8, 4) is 11.5 Å². The SMILES string of the molecule is Nc1nc2nc(N3CCCCC3)c(NC(=O)c3coc(-c4ccc[nH]c4=O)n3)cc2s1. The fraction of sp³-hybridized carbons (Fsp3) is 0.250. The first kappa shape index (κ1) is 19.2. The van der Waals surface area contributed by atoms with Crippen LogP contribution in [-0.2, 0) is 0 Å². The average Bonchev–Trinajstić information content (AvgIpc) is 3.40. The molecule has 1 saturated heterocycles. The summed E-state index contributed by atoms with van der Waals surface area (Å²) in [6.45, 7) is 1.71. The second-order valence-corrected chi connectivity index (χ2v) is 8.25. The summed E-state index contributed by atoms with van der Waals surface area (Å²) in [5.41, 5.74) is 6.94. The van der Waals surface area contributed by atoms with Crippen molar-refractivity contribution in [2.45, 2.75) is 19.3 Å². The van der Waals surface area contributed by atoms with Crippen LogP contribution < -0.4 is 21.5 Å². The molecule has 4 N–H and O–H groups in total. The summed E-state index contributed by atoms with van der Waals surface area (Å²) < 4.78 is 6.15. The van der Waals surface area contributed by atoms with Gasteiger partial charge in [0, 0.05) is 19.3 Å². The molecule has 31 heavy (non-hydrogen) atoms. The molecule has 0 saturated carbocycles. The highest BCUT2D eigenvalue weighted by molar-refractivity contribution is 7.22. The fourth-order valence-corrected chi connectivity index (χ4v) is 4.30. The monoisotopic (exact) mass is 437 g/mol. The normalized spacial score (nSPS) is 14.1. The molecule has 0 radical (unpaired) electrons. The van der Waals surface area contributed by atoms with Crippen molar-refractivity contribution >= 4 is 44.2 Å². The summed E-state index contributed by atoms with van der Waals surface area (Å²) in [6, 6.07) is 5.07. The molecule has 0 unspecified atom stereocenters. The second-order valence-electron chi connectivity index (χ2n) is 7.19. The van der Waals surface area contributed by atoms with Gasteiger partial charge in [-0.1, -0.05) is 11.3 Å². The number of rotatable bonds is 4. The van der Waals surface area contributed by atoms with E-state index >= 15 is 0 Å². The third-order valence-electron chi connectivity index (χ3n) is 5.07. The van der Waals surface area contributed by atoms with E-state index in [4.69, 9.17) is 10.2 Å². The smallest absolute Gasteiger partial charge is 0.277 e. The highest BCUT2D eigenvalue weighted by Crippen LogP contribution is 2.33. The van der Waals surface area contributed by atoms with Crippen molar-refractivity contribution < 1.29 is 9.21 Å². The average molecular weight is 437 g/mol. The van der Waals surface area contributed by atoms with E-state index in [9.17, 15) is 9.59 Å². The van der Waals surface area contributed by atoms with Gasteiger partial charge in [-0.15, -0.1) is 0 Å². The Kier molecular flexibility index (Phi) is 4.86. The molecule has 10 nitrogen and oxygen atoms in total. The fourth-order valence-electron chi connectivity index (χ4n) is 3.59. The predicted molar refractivity (Wildman–Crippen MR) is 118 cm³/mol. The number of thiazole rings is 1. The largest absolute Gasteiger partial charge is 0.443 e. The molecule has 1 aliphatic rings. The van der Waals surface area contributed by atoms with Crippen molar-refractivity contribution in [2.75, 3.05) is 29.0 Å². The van der Waals surface area contributed by atoms with Crippen LogP contribution in [0.15, 0.2) is 39.9 Å². The predicted octanol–water partition coefficient (Wildman–Crippen LogP) is 2.86. The maximum absolute atomic E-state index is 12.9. The summed E-state index contributed by atoms with van der Waals surface area (Å²) in [6.07, 6.45) is 6.04. The number of H-pyrrole nitrogens is 1. The number of fused-ring (bicyclic) bond motifs is 1. The lowest BCUT2D eigenvalue weighted by Gasteiger charge is -2.29. The molecule has 5 heterocycles. The topological polar surface area (TPSA) is 143 Å². The van der Waals surface area contributed by atoms with E-state index in [1.165, 1.54) is 30.2 Å². The molecule has 4 aromatic rings. The number of amides is 1. The summed E-state index contributed by atoms with van der Waals surface area (Å²) in [5.74, 6) is 0.278. The number of nitrogens with two attached hydrogens (primary N) is 1. The van der Waals surface area contributed by atoms with Crippen LogP contribution in [0.25, 0.3) is 21.8 Å². The maximum atomic E-state index is 12.9. The van der Waals surface area contributed by atoms with Crippen molar-refractivity contribution in [1.82, 2.24) is 19.9 Å². The summed E-state index contributed by atoms with van der Waals surface area (Å²) in [5, 5.41) is 3.31. The quantitative estimate of drug-likeness (QED) is 0.442. The Labute approximate surface area is 180 Å². The number of piperidine rings is 1. The number of pyridine rings is 2. The number of anilines is 3. The first-order chi connectivity index (χ1) is 15.1. The number of aromatic amines is 1. The van der Waals surface area contributed by atoms with Crippen LogP contribution in [-0.4, -0.2) is 38.9 Å². The third kappa shape index (κ3) is 3.75. The zero-order valence-electron chi connectivity index (χ0n) is 16.4. The molecule has 5 rings (SSSR count). The Morgan fingerprint density at radius 1 is 1.23 bits per heavy atom. The Morgan fingerprint density at radius 2 is 2.06 bits per heavy atom. The van der Waals surface area contributed by atoms with E-state index in [1.54, 1.807) is 12.1 Å². The number of hydrogen-bond acceptors (Lipinski definition) is 9. The molecule has 11 heteroatoms. The minimum Gasteiger partial charge on any atom is -0.443 e. The minimum absolute atomic E-state index is 0.0618. The number of nitrogens with one attached hydrogen (secondary N) is 2. The lowest BCUT2D eigenvalue weighted by Crippen LogP contribution is -2.31. The van der Waals surface area contributed by atoms with Crippen LogP contribution in [0.5, 0.6) is 0 Å². The number of aromatic nitrogens is 4. The third-order valence-corrected chi connectivity index (χ3v) is 5.89. The zero-order valence-corrected chi connectivity index (χ0v) is 17.2. The summed E-state index contributed by atoms with van der Waals surface area (Å²) in [4.78, 5) is 42.7. The standard InChI is InChI=1S/C20H19N7O3S/c21-20-26-15-14(31-20)9-12(16(25-15)27-7-2-1-3-8-27)23-18(29)13-10-30-19(24-13)11-5-4-6-22-17(11)28/h4-6,9-10H,1-3,7-8H2,(H,22,28)(H,23,29)(H2,21,25,26). The van der Waals surface area contributed by atoms with Gasteiger partial charge >= 0.3 is 0 Å². The molecular formula is C20H19N7O3S. The molecule has 1 aliphatic heterocycles. The van der Waals surface area contributed by atoms with Crippen LogP contribution in [0, 0.1) is 0 Å². The molecule has 0 aliphatic carbocycles. The van der Waals surface area contributed by atoms with Crippen molar-refractivity contribution in [2.24, 2.45) is 0 Å². The van der Waals surface area contributed by atoms with Crippen LogP contribution in [0.4, 0.5) is 16.6 Å². The van der Waals surface area contributed by atoms with Gasteiger partial charge in [0.25, 0.3) is 11.5 Å². The van der Waals surface area contributed by atoms with Gasteiger partial charge in [0.1, 0.15) is 11.8 Å². The van der Waals surface area contributed by atoms with Gasteiger partial charge in [-0.3, -0.25) is 9.59 Å². The van der Waals surface area contributed by atoms with E-state index in [2.05, 4.69) is 30.2 Å². The Morgan fingerprint density at radius 3 is 2.87 bits per heavy atom. The van der Waals surface area contributed by atoms with Gasteiger partial charge in [0.05, 0.1) is 10.4 Å².